The molecule has 2 aromatic rings. The molecule has 1 spiro atoms. The van der Waals surface area contributed by atoms with Crippen molar-refractivity contribution in [1.82, 2.24) is 4.72 Å². The third-order valence-electron chi connectivity index (χ3n) is 11.3. The Hall–Kier alpha value is -2.64. The van der Waals surface area contributed by atoms with E-state index in [9.17, 15) is 21.6 Å². The average molecular weight is 735 g/mol. The molecule has 1 N–H and O–H groups in total. The van der Waals surface area contributed by atoms with Gasteiger partial charge in [0.15, 0.2) is 0 Å². The molecule has 2 aromatic carbocycles. The predicted octanol–water partition coefficient (Wildman–Crippen LogP) is 5.63. The van der Waals surface area contributed by atoms with Crippen molar-refractivity contribution in [2.24, 2.45) is 17.8 Å². The van der Waals surface area contributed by atoms with E-state index in [1.54, 1.807) is 32.2 Å². The zero-order valence-corrected chi connectivity index (χ0v) is 31.0. The van der Waals surface area contributed by atoms with Gasteiger partial charge >= 0.3 is 0 Å². The summed E-state index contributed by atoms with van der Waals surface area (Å²) in [5, 5.41) is -0.380. The van der Waals surface area contributed by atoms with Crippen molar-refractivity contribution in [3.05, 3.63) is 70.3 Å². The molecule has 6 rings (SSSR count). The van der Waals surface area contributed by atoms with Crippen LogP contribution in [0.1, 0.15) is 73.9 Å². The van der Waals surface area contributed by atoms with E-state index in [0.29, 0.717) is 36.3 Å². The Morgan fingerprint density at radius 2 is 1.96 bits per heavy atom. The molecule has 2 aliphatic heterocycles. The topological polar surface area (TPSA) is 128 Å². The van der Waals surface area contributed by atoms with E-state index in [1.807, 2.05) is 18.2 Å². The van der Waals surface area contributed by atoms with E-state index in [1.165, 1.54) is 11.1 Å². The third-order valence-corrected chi connectivity index (χ3v) is 14.1. The summed E-state index contributed by atoms with van der Waals surface area (Å²) in [6.45, 7) is 5.40. The molecule has 13 heteroatoms. The number of ether oxygens (including phenoxy) is 2. The van der Waals surface area contributed by atoms with Crippen LogP contribution in [0.2, 0.25) is 5.02 Å². The zero-order valence-electron chi connectivity index (χ0n) is 28.6. The molecule has 0 radical (unpaired) electrons. The predicted molar refractivity (Wildman–Crippen MR) is 190 cm³/mol. The van der Waals surface area contributed by atoms with Crippen LogP contribution in [0.3, 0.4) is 0 Å². The van der Waals surface area contributed by atoms with E-state index in [0.717, 1.165) is 50.6 Å². The van der Waals surface area contributed by atoms with Crippen molar-refractivity contribution >= 4 is 43.3 Å². The van der Waals surface area contributed by atoms with Gasteiger partial charge in [0, 0.05) is 36.2 Å². The molecule has 1 saturated carbocycles. The summed E-state index contributed by atoms with van der Waals surface area (Å²) in [7, 11) is -6.32. The first kappa shape index (κ1) is 36.2. The molecule has 49 heavy (non-hydrogen) atoms. The van der Waals surface area contributed by atoms with Crippen molar-refractivity contribution in [3.63, 3.8) is 0 Å². The van der Waals surface area contributed by atoms with Crippen LogP contribution in [-0.4, -0.2) is 73.3 Å². The minimum absolute atomic E-state index is 0.114. The lowest BCUT2D eigenvalue weighted by molar-refractivity contribution is -0.0622. The van der Waals surface area contributed by atoms with Gasteiger partial charge in [-0.25, -0.2) is 13.1 Å². The lowest BCUT2D eigenvalue weighted by Crippen LogP contribution is -2.52. The maximum atomic E-state index is 13.8. The number of aryl methyl sites for hydroxylation is 1. The summed E-state index contributed by atoms with van der Waals surface area (Å²) in [6.07, 6.45) is 10.1. The molecule has 4 aliphatic rings. The number of sulfonamides is 1. The highest BCUT2D eigenvalue weighted by Crippen LogP contribution is 2.49. The minimum Gasteiger partial charge on any atom is -0.490 e. The molecule has 1 amide bonds. The average Bonchev–Trinajstić information content (AvgIpc) is 3.16. The molecular formula is C36H47ClN2O8S2. The van der Waals surface area contributed by atoms with Crippen LogP contribution in [0, 0.1) is 17.8 Å². The maximum absolute atomic E-state index is 13.8. The van der Waals surface area contributed by atoms with Crippen molar-refractivity contribution < 1.29 is 35.3 Å². The van der Waals surface area contributed by atoms with E-state index < -0.39 is 42.8 Å². The Bertz CT molecular complexity index is 1830. The molecule has 1 fully saturated rings. The summed E-state index contributed by atoms with van der Waals surface area (Å²) in [4.78, 5) is 16.0. The number of carbonyl (C=O) groups is 1. The molecule has 10 nitrogen and oxygen atoms in total. The molecule has 6 atom stereocenters. The van der Waals surface area contributed by atoms with Crippen LogP contribution in [0.5, 0.6) is 5.75 Å². The van der Waals surface area contributed by atoms with Gasteiger partial charge in [0.25, 0.3) is 16.0 Å². The number of hydrogen-bond donors (Lipinski definition) is 1. The Morgan fingerprint density at radius 3 is 2.67 bits per heavy atom. The standard InChI is InChI=1S/C36H47ClN2O8S2/c1-24-7-5-16-35(2,45-3)29-12-9-27(29)21-39-22-36(17-6-8-25-19-28(37)11-13-30(25)36)23-46-32-14-10-26(20-31(32)39)34(40)38-49(43,44)33(24)15-18-47-48(4,41)42/h5,10-11,13-14,16,19-20,24,27,29,33H,6-9,12,15,17-18,21-23H2,1-4H3,(H,38,40)/b16-5-/t24-,27-,29+,33+,35-,36-/m0/s1. The summed E-state index contributed by atoms with van der Waals surface area (Å²) < 4.78 is 71.0. The summed E-state index contributed by atoms with van der Waals surface area (Å²) in [6, 6.07) is 11.2. The molecule has 268 valence electrons. The molecule has 2 heterocycles. The molecule has 2 bridgehead atoms. The Kier molecular flexibility index (Phi) is 10.2. The molecular weight excluding hydrogens is 688 g/mol. The van der Waals surface area contributed by atoms with Gasteiger partial charge in [0.05, 0.1) is 36.0 Å². The van der Waals surface area contributed by atoms with Crippen LogP contribution in [-0.2, 0) is 40.9 Å². The van der Waals surface area contributed by atoms with Gasteiger partial charge in [-0.1, -0.05) is 36.7 Å². The fourth-order valence-corrected chi connectivity index (χ4v) is 10.7. The number of halogens is 1. The molecule has 0 saturated heterocycles. The highest BCUT2D eigenvalue weighted by molar-refractivity contribution is 7.90. The second kappa shape index (κ2) is 13.8. The van der Waals surface area contributed by atoms with Gasteiger partial charge in [-0.15, -0.1) is 0 Å². The number of nitrogens with zero attached hydrogens (tertiary/aromatic N) is 1. The summed E-state index contributed by atoms with van der Waals surface area (Å²) in [5.41, 5.74) is 2.53. The first-order valence-electron chi connectivity index (χ1n) is 17.1. The molecule has 2 aliphatic carbocycles. The third kappa shape index (κ3) is 7.54. The number of rotatable bonds is 5. The Morgan fingerprint density at radius 1 is 1.16 bits per heavy atom. The van der Waals surface area contributed by atoms with Gasteiger partial charge in [-0.05, 0) is 111 Å². The van der Waals surface area contributed by atoms with Gasteiger partial charge in [0.2, 0.25) is 10.0 Å². The number of anilines is 1. The van der Waals surface area contributed by atoms with Crippen LogP contribution in [0.4, 0.5) is 5.69 Å². The molecule has 0 unspecified atom stereocenters. The van der Waals surface area contributed by atoms with Crippen molar-refractivity contribution in [3.8, 4) is 5.75 Å². The first-order valence-corrected chi connectivity index (χ1v) is 20.8. The van der Waals surface area contributed by atoms with Crippen molar-refractivity contribution in [2.75, 3.05) is 44.6 Å². The number of benzene rings is 2. The van der Waals surface area contributed by atoms with E-state index in [2.05, 4.69) is 28.7 Å². The van der Waals surface area contributed by atoms with Crippen LogP contribution in [0.15, 0.2) is 48.6 Å². The maximum Gasteiger partial charge on any atom is 0.264 e. The normalized spacial score (nSPS) is 32.1. The number of carbonyl (C=O) groups excluding carboxylic acids is 1. The second-order valence-electron chi connectivity index (χ2n) is 14.6. The van der Waals surface area contributed by atoms with E-state index >= 15 is 0 Å². The largest absolute Gasteiger partial charge is 0.490 e. The number of allylic oxidation sites excluding steroid dienone is 1. The highest BCUT2D eigenvalue weighted by Gasteiger charge is 2.47. The van der Waals surface area contributed by atoms with Crippen LogP contribution in [0.25, 0.3) is 0 Å². The number of nitrogens with one attached hydrogen (secondary N) is 1. The number of amides is 1. The van der Waals surface area contributed by atoms with Crippen LogP contribution < -0.4 is 14.4 Å². The van der Waals surface area contributed by atoms with Crippen molar-refractivity contribution in [2.45, 2.75) is 75.1 Å². The smallest absolute Gasteiger partial charge is 0.264 e. The zero-order chi connectivity index (χ0) is 35.2. The first-order chi connectivity index (χ1) is 23.1. The second-order valence-corrected chi connectivity index (χ2v) is 18.5. The van der Waals surface area contributed by atoms with Crippen LogP contribution >= 0.6 is 11.6 Å². The Labute approximate surface area is 295 Å². The number of fused-ring (bicyclic) bond motifs is 4. The van der Waals surface area contributed by atoms with E-state index in [-0.39, 0.29) is 29.9 Å². The Balaban J connectivity index is 1.41. The minimum atomic E-state index is -4.25. The summed E-state index contributed by atoms with van der Waals surface area (Å²) in [5.74, 6) is -0.0525. The van der Waals surface area contributed by atoms with Crippen molar-refractivity contribution in [1.29, 1.82) is 0 Å². The quantitative estimate of drug-likeness (QED) is 0.307. The SMILES string of the molecule is CO[C@@]1(C)/C=C\C[C@H](C)[C@@H](CCOS(C)(=O)=O)S(=O)(=O)NC(=O)c2ccc3c(c2)N(C[C@@H]2CC[C@H]21)C[C@@]1(CCCc2cc(Cl)ccc21)CO3. The van der Waals surface area contributed by atoms with Gasteiger partial charge in [0.1, 0.15) is 5.75 Å². The number of methoxy groups -OCH3 is 1. The fourth-order valence-electron chi connectivity index (χ4n) is 8.42. The van der Waals surface area contributed by atoms with Gasteiger partial charge in [-0.2, -0.15) is 8.42 Å². The lowest BCUT2D eigenvalue weighted by Gasteiger charge is -2.49. The van der Waals surface area contributed by atoms with Gasteiger partial charge in [-0.3, -0.25) is 8.98 Å². The monoisotopic (exact) mass is 734 g/mol. The van der Waals surface area contributed by atoms with E-state index in [4.69, 9.17) is 25.3 Å². The highest BCUT2D eigenvalue weighted by atomic mass is 35.5. The molecule has 0 aromatic heterocycles. The number of hydrogen-bond acceptors (Lipinski definition) is 9. The summed E-state index contributed by atoms with van der Waals surface area (Å²) >= 11 is 6.43. The fraction of sp³-hybridized carbons (Fsp3) is 0.583. The van der Waals surface area contributed by atoms with Gasteiger partial charge < -0.3 is 14.4 Å². The lowest BCUT2D eigenvalue weighted by atomic mass is 9.64.